The van der Waals surface area contributed by atoms with Crippen molar-refractivity contribution in [2.45, 2.75) is 0 Å². The van der Waals surface area contributed by atoms with Crippen molar-refractivity contribution in [3.05, 3.63) is 48.7 Å². The van der Waals surface area contributed by atoms with E-state index >= 15 is 0 Å². The molecule has 0 aliphatic carbocycles. The minimum atomic E-state index is -0.0195. The molecule has 1 aromatic heterocycles. The molecule has 1 radical (unpaired) electrons. The molecule has 0 aliphatic heterocycles. The summed E-state index contributed by atoms with van der Waals surface area (Å²) in [5.41, 5.74) is 1.64. The van der Waals surface area contributed by atoms with Gasteiger partial charge < -0.3 is 9.30 Å². The maximum absolute atomic E-state index is 12.0. The fraction of sp³-hybridized carbons (Fsp3) is 0.214. The van der Waals surface area contributed by atoms with Crippen molar-refractivity contribution in [2.24, 2.45) is 7.05 Å². The second-order valence-corrected chi connectivity index (χ2v) is 6.87. The molecule has 21 heavy (non-hydrogen) atoms. The zero-order valence-electron chi connectivity index (χ0n) is 11.5. The molecule has 1 aromatic carbocycles. The second kappa shape index (κ2) is 9.06. The summed E-state index contributed by atoms with van der Waals surface area (Å²) >= 11 is 7.16. The number of pyridine rings is 1. The SMILES string of the molecule is CSCOc1ccc(-c2[c-]cc(I)c(=O)n2C)c(Br)c1.[Y]. The van der Waals surface area contributed by atoms with Crippen molar-refractivity contribution < 1.29 is 37.4 Å². The Balaban J connectivity index is 0.00000220. The van der Waals surface area contributed by atoms with Crippen LogP contribution in [0.15, 0.2) is 33.5 Å². The molecule has 0 atom stereocenters. The van der Waals surface area contributed by atoms with Crippen molar-refractivity contribution in [1.82, 2.24) is 4.57 Å². The van der Waals surface area contributed by atoms with Gasteiger partial charge >= 0.3 is 0 Å². The Labute approximate surface area is 175 Å². The number of ether oxygens (including phenoxy) is 1. The first-order valence-corrected chi connectivity index (χ1v) is 9.00. The van der Waals surface area contributed by atoms with E-state index in [4.69, 9.17) is 4.74 Å². The number of rotatable bonds is 4. The van der Waals surface area contributed by atoms with Crippen LogP contribution in [0.25, 0.3) is 11.3 Å². The molecular weight excluding hydrogens is 542 g/mol. The van der Waals surface area contributed by atoms with Gasteiger partial charge in [-0.1, -0.05) is 27.2 Å². The summed E-state index contributed by atoms with van der Waals surface area (Å²) in [5.74, 6) is 1.41. The number of aromatic nitrogens is 1. The summed E-state index contributed by atoms with van der Waals surface area (Å²) in [6, 6.07) is 10.6. The predicted molar refractivity (Wildman–Crippen MR) is 95.4 cm³/mol. The fourth-order valence-electron chi connectivity index (χ4n) is 1.72. The van der Waals surface area contributed by atoms with Gasteiger partial charge in [-0.3, -0.25) is 4.79 Å². The van der Waals surface area contributed by atoms with Crippen LogP contribution in [0.5, 0.6) is 5.75 Å². The Bertz CT molecular complexity index is 693. The molecule has 2 rings (SSSR count). The summed E-state index contributed by atoms with van der Waals surface area (Å²) in [5, 5.41) is 0. The molecule has 0 aliphatic rings. The van der Waals surface area contributed by atoms with Crippen LogP contribution in [0.3, 0.4) is 0 Å². The third-order valence-electron chi connectivity index (χ3n) is 2.72. The third kappa shape index (κ3) is 4.80. The van der Waals surface area contributed by atoms with Crippen molar-refractivity contribution in [3.8, 4) is 17.0 Å². The average molecular weight is 554 g/mol. The number of halogens is 2. The number of hydrogen-bond acceptors (Lipinski definition) is 3. The molecule has 2 aromatic rings. The Morgan fingerprint density at radius 3 is 2.81 bits per heavy atom. The van der Waals surface area contributed by atoms with E-state index < -0.39 is 0 Å². The van der Waals surface area contributed by atoms with Gasteiger partial charge in [-0.2, -0.15) is 12.1 Å². The number of benzene rings is 1. The van der Waals surface area contributed by atoms with E-state index in [9.17, 15) is 4.79 Å². The molecule has 0 bridgehead atoms. The first kappa shape index (κ1) is 19.7. The van der Waals surface area contributed by atoms with Crippen LogP contribution < -0.4 is 10.3 Å². The first-order valence-electron chi connectivity index (χ1n) is 5.73. The molecule has 1 heterocycles. The topological polar surface area (TPSA) is 31.2 Å². The van der Waals surface area contributed by atoms with Crippen molar-refractivity contribution in [3.63, 3.8) is 0 Å². The molecule has 0 saturated carbocycles. The fourth-order valence-corrected chi connectivity index (χ4v) is 3.03. The molecule has 0 saturated heterocycles. The third-order valence-corrected chi connectivity index (χ3v) is 4.50. The monoisotopic (exact) mass is 553 g/mol. The zero-order chi connectivity index (χ0) is 14.7. The molecule has 3 nitrogen and oxygen atoms in total. The molecule has 0 amide bonds. The van der Waals surface area contributed by atoms with Crippen LogP contribution in [0, 0.1) is 9.64 Å². The average Bonchev–Trinajstić information content (AvgIpc) is 2.44. The van der Waals surface area contributed by atoms with Gasteiger partial charge in [0.1, 0.15) is 11.7 Å². The van der Waals surface area contributed by atoms with E-state index in [1.807, 2.05) is 47.0 Å². The quantitative estimate of drug-likeness (QED) is 0.327. The maximum Gasteiger partial charge on any atom is 0.207 e. The predicted octanol–water partition coefficient (Wildman–Crippen LogP) is 3.92. The molecule has 7 heteroatoms. The molecular formula is C14H12BrINO2SY-. The summed E-state index contributed by atoms with van der Waals surface area (Å²) in [6.07, 6.45) is 1.99. The molecule has 0 fully saturated rings. The largest absolute Gasteiger partial charge is 0.483 e. The zero-order valence-corrected chi connectivity index (χ0v) is 18.9. The van der Waals surface area contributed by atoms with Gasteiger partial charge in [0.15, 0.2) is 0 Å². The molecule has 0 unspecified atom stereocenters. The Hall–Kier alpha value is 0.634. The smallest absolute Gasteiger partial charge is 0.207 e. The van der Waals surface area contributed by atoms with Gasteiger partial charge in [0.2, 0.25) is 5.56 Å². The Morgan fingerprint density at radius 1 is 1.48 bits per heavy atom. The summed E-state index contributed by atoms with van der Waals surface area (Å²) in [4.78, 5) is 12.0. The van der Waals surface area contributed by atoms with E-state index in [0.717, 1.165) is 21.5 Å². The van der Waals surface area contributed by atoms with E-state index in [0.29, 0.717) is 9.51 Å². The summed E-state index contributed by atoms with van der Waals surface area (Å²) in [7, 11) is 1.75. The molecule has 0 N–H and O–H groups in total. The minimum absolute atomic E-state index is 0. The van der Waals surface area contributed by atoms with Gasteiger partial charge in [0.25, 0.3) is 0 Å². The van der Waals surface area contributed by atoms with E-state index in [2.05, 4.69) is 22.0 Å². The van der Waals surface area contributed by atoms with Crippen molar-refractivity contribution >= 4 is 50.3 Å². The minimum Gasteiger partial charge on any atom is -0.483 e. The number of nitrogens with zero attached hydrogens (tertiary/aromatic N) is 1. The van der Waals surface area contributed by atoms with Crippen LogP contribution in [0.2, 0.25) is 0 Å². The summed E-state index contributed by atoms with van der Waals surface area (Å²) < 4.78 is 8.69. The van der Waals surface area contributed by atoms with Crippen LogP contribution in [0.1, 0.15) is 0 Å². The van der Waals surface area contributed by atoms with Gasteiger partial charge in [0, 0.05) is 39.8 Å². The molecule has 109 valence electrons. The van der Waals surface area contributed by atoms with Crippen LogP contribution >= 0.6 is 50.3 Å². The van der Waals surface area contributed by atoms with Gasteiger partial charge in [-0.25, -0.2) is 0 Å². The van der Waals surface area contributed by atoms with E-state index in [1.165, 1.54) is 0 Å². The van der Waals surface area contributed by atoms with Crippen LogP contribution in [0.4, 0.5) is 0 Å². The maximum atomic E-state index is 12.0. The van der Waals surface area contributed by atoms with E-state index in [-0.39, 0.29) is 38.3 Å². The van der Waals surface area contributed by atoms with Crippen molar-refractivity contribution in [2.75, 3.05) is 12.2 Å². The van der Waals surface area contributed by atoms with Crippen LogP contribution in [-0.4, -0.2) is 16.8 Å². The molecule has 0 spiro atoms. The second-order valence-electron chi connectivity index (χ2n) is 4.04. The Kier molecular flexibility index (Phi) is 8.49. The number of hydrogen-bond donors (Lipinski definition) is 0. The van der Waals surface area contributed by atoms with Crippen molar-refractivity contribution in [1.29, 1.82) is 0 Å². The van der Waals surface area contributed by atoms with Gasteiger partial charge in [-0.05, 0) is 26.4 Å². The van der Waals surface area contributed by atoms with Crippen LogP contribution in [-0.2, 0) is 39.8 Å². The Morgan fingerprint density at radius 2 is 2.19 bits per heavy atom. The van der Waals surface area contributed by atoms with Gasteiger partial charge in [-0.15, -0.1) is 40.4 Å². The first-order chi connectivity index (χ1) is 9.54. The standard InChI is InChI=1S/C14H12BrINO2S.Y/c1-17-13(6-5-12(16)14(17)18)10-4-3-9(7-11(10)15)19-8-20-2;/h3-5,7H,8H2,1-2H3;/q-1;. The number of thioether (sulfide) groups is 1. The normalized spacial score (nSPS) is 10.1. The van der Waals surface area contributed by atoms with Gasteiger partial charge in [0.05, 0.1) is 0 Å². The summed E-state index contributed by atoms with van der Waals surface area (Å²) in [6.45, 7) is 0. The van der Waals surface area contributed by atoms with E-state index in [1.54, 1.807) is 29.4 Å².